The largest absolute Gasteiger partial charge is 0.490 e. The Balaban J connectivity index is 2.26. The van der Waals surface area contributed by atoms with Gasteiger partial charge in [-0.1, -0.05) is 6.07 Å². The summed E-state index contributed by atoms with van der Waals surface area (Å²) in [5.41, 5.74) is 1.23. The third-order valence-electron chi connectivity index (χ3n) is 4.10. The van der Waals surface area contributed by atoms with Crippen molar-refractivity contribution in [2.45, 2.75) is 39.3 Å². The Morgan fingerprint density at radius 2 is 1.95 bits per heavy atom. The van der Waals surface area contributed by atoms with Gasteiger partial charge in [-0.2, -0.15) is 0 Å². The predicted molar refractivity (Wildman–Crippen MR) is 84.1 cm³/mol. The van der Waals surface area contributed by atoms with E-state index in [0.717, 1.165) is 24.5 Å². The van der Waals surface area contributed by atoms with Gasteiger partial charge in [0.25, 0.3) is 0 Å². The molecule has 1 aliphatic heterocycles. The summed E-state index contributed by atoms with van der Waals surface area (Å²) in [4.78, 5) is 0. The maximum atomic E-state index is 5.73. The van der Waals surface area contributed by atoms with Crippen molar-refractivity contribution in [3.63, 3.8) is 0 Å². The van der Waals surface area contributed by atoms with Gasteiger partial charge in [-0.3, -0.25) is 0 Å². The fourth-order valence-electron chi connectivity index (χ4n) is 3.08. The second kappa shape index (κ2) is 7.66. The molecule has 0 bridgehead atoms. The minimum Gasteiger partial charge on any atom is -0.490 e. The standard InChI is InChI=1S/C17H27NO3/c1-5-19-15-8-7-13(11-16(15)20-6-2)17(18-4)14-9-10-21-12(14)3/h7-8,11-12,14,17-18H,5-6,9-10H2,1-4H3. The number of hydrogen-bond donors (Lipinski definition) is 1. The highest BCUT2D eigenvalue weighted by Gasteiger charge is 2.32. The molecule has 0 amide bonds. The van der Waals surface area contributed by atoms with E-state index in [1.807, 2.05) is 27.0 Å². The summed E-state index contributed by atoms with van der Waals surface area (Å²) < 4.78 is 17.1. The molecule has 3 atom stereocenters. The summed E-state index contributed by atoms with van der Waals surface area (Å²) >= 11 is 0. The van der Waals surface area contributed by atoms with E-state index in [1.54, 1.807) is 0 Å². The van der Waals surface area contributed by atoms with E-state index >= 15 is 0 Å². The molecular formula is C17H27NO3. The molecule has 4 nitrogen and oxygen atoms in total. The zero-order chi connectivity index (χ0) is 15.2. The normalized spacial score (nSPS) is 23.0. The molecular weight excluding hydrogens is 266 g/mol. The molecule has 118 valence electrons. The first kappa shape index (κ1) is 16.1. The van der Waals surface area contributed by atoms with Gasteiger partial charge in [-0.25, -0.2) is 0 Å². The highest BCUT2D eigenvalue weighted by molar-refractivity contribution is 5.44. The van der Waals surface area contributed by atoms with Gasteiger partial charge < -0.3 is 19.5 Å². The zero-order valence-corrected chi connectivity index (χ0v) is 13.5. The first-order chi connectivity index (χ1) is 10.2. The lowest BCUT2D eigenvalue weighted by Crippen LogP contribution is -2.29. The monoisotopic (exact) mass is 293 g/mol. The Labute approximate surface area is 127 Å². The number of hydrogen-bond acceptors (Lipinski definition) is 4. The van der Waals surface area contributed by atoms with Crippen LogP contribution in [0.2, 0.25) is 0 Å². The second-order valence-corrected chi connectivity index (χ2v) is 5.37. The van der Waals surface area contributed by atoms with Crippen molar-refractivity contribution in [1.29, 1.82) is 0 Å². The number of rotatable bonds is 7. The minimum atomic E-state index is 0.275. The van der Waals surface area contributed by atoms with Crippen LogP contribution in [-0.2, 0) is 4.74 Å². The molecule has 0 saturated carbocycles. The minimum absolute atomic E-state index is 0.275. The maximum absolute atomic E-state index is 5.73. The van der Waals surface area contributed by atoms with Crippen LogP contribution in [0.15, 0.2) is 18.2 Å². The molecule has 1 saturated heterocycles. The zero-order valence-electron chi connectivity index (χ0n) is 13.5. The predicted octanol–water partition coefficient (Wildman–Crippen LogP) is 3.17. The molecule has 1 aromatic rings. The van der Waals surface area contributed by atoms with E-state index in [1.165, 1.54) is 5.56 Å². The van der Waals surface area contributed by atoms with Crippen LogP contribution in [0, 0.1) is 5.92 Å². The third-order valence-corrected chi connectivity index (χ3v) is 4.10. The van der Waals surface area contributed by atoms with Crippen molar-refractivity contribution in [2.75, 3.05) is 26.9 Å². The van der Waals surface area contributed by atoms with Crippen LogP contribution in [-0.4, -0.2) is 33.0 Å². The first-order valence-corrected chi connectivity index (χ1v) is 7.89. The Morgan fingerprint density at radius 1 is 1.24 bits per heavy atom. The maximum Gasteiger partial charge on any atom is 0.161 e. The summed E-state index contributed by atoms with van der Waals surface area (Å²) in [5, 5.41) is 3.44. The van der Waals surface area contributed by atoms with Gasteiger partial charge >= 0.3 is 0 Å². The molecule has 1 aliphatic rings. The molecule has 4 heteroatoms. The molecule has 0 aromatic heterocycles. The summed E-state index contributed by atoms with van der Waals surface area (Å²) in [6.45, 7) is 8.25. The van der Waals surface area contributed by atoms with Gasteiger partial charge in [-0.05, 0) is 51.9 Å². The Kier molecular flexibility index (Phi) is 5.88. The fourth-order valence-corrected chi connectivity index (χ4v) is 3.08. The van der Waals surface area contributed by atoms with Crippen molar-refractivity contribution in [2.24, 2.45) is 5.92 Å². The van der Waals surface area contributed by atoms with Crippen molar-refractivity contribution in [3.05, 3.63) is 23.8 Å². The van der Waals surface area contributed by atoms with Gasteiger partial charge in [0.2, 0.25) is 0 Å². The van der Waals surface area contributed by atoms with Gasteiger partial charge in [0, 0.05) is 18.6 Å². The summed E-state index contributed by atoms with van der Waals surface area (Å²) in [6, 6.07) is 6.51. The van der Waals surface area contributed by atoms with Crippen molar-refractivity contribution in [1.82, 2.24) is 5.32 Å². The number of ether oxygens (including phenoxy) is 3. The molecule has 1 heterocycles. The van der Waals surface area contributed by atoms with Crippen molar-refractivity contribution in [3.8, 4) is 11.5 Å². The lowest BCUT2D eigenvalue weighted by atomic mass is 9.88. The molecule has 0 radical (unpaired) electrons. The molecule has 1 N–H and O–H groups in total. The fraction of sp³-hybridized carbons (Fsp3) is 0.647. The van der Waals surface area contributed by atoms with Crippen LogP contribution in [0.1, 0.15) is 38.8 Å². The molecule has 1 fully saturated rings. The van der Waals surface area contributed by atoms with Crippen molar-refractivity contribution >= 4 is 0 Å². The lowest BCUT2D eigenvalue weighted by Gasteiger charge is -2.26. The second-order valence-electron chi connectivity index (χ2n) is 5.37. The topological polar surface area (TPSA) is 39.7 Å². The molecule has 2 rings (SSSR count). The van der Waals surface area contributed by atoms with Crippen LogP contribution in [0.5, 0.6) is 11.5 Å². The molecule has 1 aromatic carbocycles. The molecule has 21 heavy (non-hydrogen) atoms. The Hall–Kier alpha value is -1.26. The smallest absolute Gasteiger partial charge is 0.161 e. The van der Waals surface area contributed by atoms with E-state index in [-0.39, 0.29) is 12.1 Å². The number of nitrogens with one attached hydrogen (secondary N) is 1. The van der Waals surface area contributed by atoms with E-state index < -0.39 is 0 Å². The summed E-state index contributed by atoms with van der Waals surface area (Å²) in [7, 11) is 2.01. The van der Waals surface area contributed by atoms with Gasteiger partial charge in [0.05, 0.1) is 19.3 Å². The van der Waals surface area contributed by atoms with Crippen molar-refractivity contribution < 1.29 is 14.2 Å². The molecule has 0 aliphatic carbocycles. The Morgan fingerprint density at radius 3 is 2.52 bits per heavy atom. The van der Waals surface area contributed by atoms with E-state index in [4.69, 9.17) is 14.2 Å². The van der Waals surface area contributed by atoms with Crippen LogP contribution in [0.3, 0.4) is 0 Å². The SMILES string of the molecule is CCOc1ccc(C(NC)C2CCOC2C)cc1OCC. The average molecular weight is 293 g/mol. The van der Waals surface area contributed by atoms with Gasteiger partial charge in [0.1, 0.15) is 0 Å². The van der Waals surface area contributed by atoms with Gasteiger partial charge in [0.15, 0.2) is 11.5 Å². The summed E-state index contributed by atoms with van der Waals surface area (Å²) in [6.07, 6.45) is 1.37. The third kappa shape index (κ3) is 3.69. The van der Waals surface area contributed by atoms with Crippen LogP contribution < -0.4 is 14.8 Å². The average Bonchev–Trinajstić information content (AvgIpc) is 2.89. The van der Waals surface area contributed by atoms with Crippen LogP contribution >= 0.6 is 0 Å². The highest BCUT2D eigenvalue weighted by atomic mass is 16.5. The molecule has 3 unspecified atom stereocenters. The van der Waals surface area contributed by atoms with E-state index in [9.17, 15) is 0 Å². The van der Waals surface area contributed by atoms with Crippen LogP contribution in [0.25, 0.3) is 0 Å². The Bertz CT molecular complexity index is 450. The molecule has 0 spiro atoms. The quantitative estimate of drug-likeness (QED) is 0.838. The first-order valence-electron chi connectivity index (χ1n) is 7.89. The highest BCUT2D eigenvalue weighted by Crippen LogP contribution is 2.37. The summed E-state index contributed by atoms with van der Waals surface area (Å²) in [5.74, 6) is 2.12. The number of benzene rings is 1. The lowest BCUT2D eigenvalue weighted by molar-refractivity contribution is 0.0962. The van der Waals surface area contributed by atoms with Gasteiger partial charge in [-0.15, -0.1) is 0 Å². The van der Waals surface area contributed by atoms with E-state index in [0.29, 0.717) is 19.1 Å². The van der Waals surface area contributed by atoms with Crippen LogP contribution in [0.4, 0.5) is 0 Å². The van der Waals surface area contributed by atoms with E-state index in [2.05, 4.69) is 24.4 Å².